The van der Waals surface area contributed by atoms with Crippen LogP contribution in [0.5, 0.6) is 0 Å². The number of H-pyrrole nitrogens is 1. The van der Waals surface area contributed by atoms with Gasteiger partial charge in [-0.25, -0.2) is 23.8 Å². The lowest BCUT2D eigenvalue weighted by molar-refractivity contribution is -0.206. The van der Waals surface area contributed by atoms with Gasteiger partial charge in [0.1, 0.15) is 17.6 Å². The molecule has 0 radical (unpaired) electrons. The van der Waals surface area contributed by atoms with E-state index in [0.29, 0.717) is 12.4 Å². The Balaban J connectivity index is 1.51. The van der Waals surface area contributed by atoms with Gasteiger partial charge in [0.25, 0.3) is 11.1 Å². The second-order valence-corrected chi connectivity index (χ2v) is 9.34. The van der Waals surface area contributed by atoms with Gasteiger partial charge >= 0.3 is 12.4 Å². The number of benzene rings is 1. The number of hydrogen-bond acceptors (Lipinski definition) is 7. The van der Waals surface area contributed by atoms with Gasteiger partial charge in [0.15, 0.2) is 11.9 Å². The number of nitrogens with zero attached hydrogens (tertiary/aromatic N) is 4. The zero-order valence-corrected chi connectivity index (χ0v) is 21.3. The third-order valence-corrected chi connectivity index (χ3v) is 6.15. The van der Waals surface area contributed by atoms with Crippen LogP contribution in [0.2, 0.25) is 0 Å². The fraction of sp³-hybridized carbons (Fsp3) is 0.320. The Morgan fingerprint density at radius 1 is 1.07 bits per heavy atom. The van der Waals surface area contributed by atoms with Gasteiger partial charge in [0.2, 0.25) is 0 Å². The maximum absolute atomic E-state index is 14.9. The summed E-state index contributed by atoms with van der Waals surface area (Å²) >= 11 is 0. The molecule has 0 saturated heterocycles. The summed E-state index contributed by atoms with van der Waals surface area (Å²) in [6.07, 6.45) is -11.6. The summed E-state index contributed by atoms with van der Waals surface area (Å²) < 4.78 is 108. The molecule has 1 aromatic carbocycles. The zero-order chi connectivity index (χ0) is 31.0. The largest absolute Gasteiger partial charge is 0.423 e. The van der Waals surface area contributed by atoms with Crippen molar-refractivity contribution in [3.8, 4) is 11.4 Å². The SMILES string of the molecule is C[C@@H](C[C@H](F)Cn1ccc2cc(-c3ncc([C@H](O)C(F)(F)F)cn3)c(F)cc2c1=O)Nc1cn[nH]c(=O)c1C(F)(F)F. The van der Waals surface area contributed by atoms with E-state index in [4.69, 9.17) is 0 Å². The number of aromatic nitrogens is 5. The van der Waals surface area contributed by atoms with Crippen LogP contribution >= 0.6 is 0 Å². The molecule has 0 amide bonds. The second kappa shape index (κ2) is 11.5. The van der Waals surface area contributed by atoms with Gasteiger partial charge in [-0.05, 0) is 30.5 Å². The van der Waals surface area contributed by atoms with Crippen LogP contribution in [-0.4, -0.2) is 48.2 Å². The summed E-state index contributed by atoms with van der Waals surface area (Å²) in [5.41, 5.74) is -5.33. The molecule has 0 saturated carbocycles. The Morgan fingerprint density at radius 2 is 1.74 bits per heavy atom. The van der Waals surface area contributed by atoms with E-state index in [1.54, 1.807) is 5.10 Å². The average molecular weight is 604 g/mol. The minimum absolute atomic E-state index is 0.161. The Hall–Kier alpha value is -4.41. The first-order valence-corrected chi connectivity index (χ1v) is 12.0. The van der Waals surface area contributed by atoms with Crippen LogP contribution in [0, 0.1) is 5.82 Å². The number of alkyl halides is 7. The molecule has 0 fully saturated rings. The average Bonchev–Trinajstić information content (AvgIpc) is 2.88. The molecule has 0 bridgehead atoms. The minimum atomic E-state index is -4.99. The van der Waals surface area contributed by atoms with E-state index in [0.717, 1.165) is 16.8 Å². The third kappa shape index (κ3) is 6.56. The van der Waals surface area contributed by atoms with E-state index >= 15 is 0 Å². The normalized spacial score (nSPS) is 14.5. The molecule has 9 nitrogen and oxygen atoms in total. The van der Waals surface area contributed by atoms with Crippen LogP contribution in [0.1, 0.15) is 30.6 Å². The summed E-state index contributed by atoms with van der Waals surface area (Å²) in [7, 11) is 0. The summed E-state index contributed by atoms with van der Waals surface area (Å²) in [4.78, 5) is 31.9. The highest BCUT2D eigenvalue weighted by Crippen LogP contribution is 2.33. The monoisotopic (exact) mass is 604 g/mol. The van der Waals surface area contributed by atoms with Gasteiger partial charge in [0.05, 0.1) is 29.4 Å². The lowest BCUT2D eigenvalue weighted by atomic mass is 10.1. The van der Waals surface area contributed by atoms with E-state index < -0.39 is 71.0 Å². The number of pyridine rings is 1. The van der Waals surface area contributed by atoms with E-state index in [1.165, 1.54) is 25.3 Å². The number of fused-ring (bicyclic) bond motifs is 1. The van der Waals surface area contributed by atoms with Crippen molar-refractivity contribution in [2.45, 2.75) is 50.6 Å². The van der Waals surface area contributed by atoms with E-state index in [1.807, 2.05) is 0 Å². The van der Waals surface area contributed by atoms with Crippen molar-refractivity contribution >= 4 is 16.5 Å². The predicted molar refractivity (Wildman–Crippen MR) is 133 cm³/mol. The van der Waals surface area contributed by atoms with Gasteiger partial charge in [-0.3, -0.25) is 9.59 Å². The maximum Gasteiger partial charge on any atom is 0.423 e. The van der Waals surface area contributed by atoms with Crippen molar-refractivity contribution in [1.82, 2.24) is 24.7 Å². The van der Waals surface area contributed by atoms with Crippen molar-refractivity contribution in [2.75, 3.05) is 5.32 Å². The maximum atomic E-state index is 14.9. The number of aromatic amines is 1. The van der Waals surface area contributed by atoms with Crippen LogP contribution in [0.25, 0.3) is 22.2 Å². The molecule has 3 heterocycles. The molecule has 0 unspecified atom stereocenters. The van der Waals surface area contributed by atoms with Gasteiger partial charge in [-0.2, -0.15) is 31.4 Å². The van der Waals surface area contributed by atoms with Crippen molar-refractivity contribution in [1.29, 1.82) is 0 Å². The summed E-state index contributed by atoms with van der Waals surface area (Å²) in [6.45, 7) is 0.836. The molecular formula is C25H20F8N6O3. The Morgan fingerprint density at radius 3 is 2.36 bits per heavy atom. The Labute approximate surface area is 229 Å². The highest BCUT2D eigenvalue weighted by molar-refractivity contribution is 5.86. The quantitative estimate of drug-likeness (QED) is 0.253. The molecule has 3 atom stereocenters. The predicted octanol–water partition coefficient (Wildman–Crippen LogP) is 4.52. The molecular weight excluding hydrogens is 584 g/mol. The molecule has 3 aromatic heterocycles. The smallest absolute Gasteiger partial charge is 0.381 e. The van der Waals surface area contributed by atoms with Crippen molar-refractivity contribution in [3.63, 3.8) is 0 Å². The number of halogens is 8. The molecule has 0 spiro atoms. The first kappa shape index (κ1) is 30.5. The van der Waals surface area contributed by atoms with Crippen LogP contribution in [-0.2, 0) is 12.7 Å². The molecule has 224 valence electrons. The second-order valence-electron chi connectivity index (χ2n) is 9.34. The fourth-order valence-corrected chi connectivity index (χ4v) is 4.21. The summed E-state index contributed by atoms with van der Waals surface area (Å²) in [5.74, 6) is -1.31. The molecule has 0 aliphatic rings. The molecule has 3 N–H and O–H groups in total. The first-order chi connectivity index (χ1) is 19.6. The minimum Gasteiger partial charge on any atom is -0.381 e. The van der Waals surface area contributed by atoms with E-state index in [-0.39, 0.29) is 28.6 Å². The number of rotatable bonds is 8. The van der Waals surface area contributed by atoms with Crippen molar-refractivity contribution in [3.05, 3.63) is 80.6 Å². The highest BCUT2D eigenvalue weighted by atomic mass is 19.4. The summed E-state index contributed by atoms with van der Waals surface area (Å²) in [6, 6.07) is 2.44. The lowest BCUT2D eigenvalue weighted by Crippen LogP contribution is -2.30. The zero-order valence-electron chi connectivity index (χ0n) is 21.3. The first-order valence-electron chi connectivity index (χ1n) is 12.0. The topological polar surface area (TPSA) is 126 Å². The Bertz CT molecular complexity index is 1700. The molecule has 0 aliphatic carbocycles. The number of hydrogen-bond donors (Lipinski definition) is 3. The van der Waals surface area contributed by atoms with Crippen molar-refractivity contribution in [2.24, 2.45) is 0 Å². The van der Waals surface area contributed by atoms with Gasteiger partial charge in [-0.15, -0.1) is 0 Å². The van der Waals surface area contributed by atoms with Gasteiger partial charge in [-0.1, -0.05) is 0 Å². The molecule has 4 aromatic rings. The van der Waals surface area contributed by atoms with Crippen LogP contribution in [0.15, 0.2) is 52.6 Å². The van der Waals surface area contributed by atoms with Crippen molar-refractivity contribution < 1.29 is 40.2 Å². The third-order valence-electron chi connectivity index (χ3n) is 6.15. The Kier molecular flexibility index (Phi) is 8.34. The van der Waals surface area contributed by atoms with Crippen LogP contribution in [0.3, 0.4) is 0 Å². The molecule has 0 aliphatic heterocycles. The number of anilines is 1. The molecule has 17 heteroatoms. The van der Waals surface area contributed by atoms with Gasteiger partial charge in [0, 0.05) is 36.6 Å². The van der Waals surface area contributed by atoms with Crippen LogP contribution < -0.4 is 16.4 Å². The molecule has 4 rings (SSSR count). The number of nitrogens with one attached hydrogen (secondary N) is 2. The van der Waals surface area contributed by atoms with E-state index in [9.17, 15) is 49.8 Å². The van der Waals surface area contributed by atoms with Crippen LogP contribution in [0.4, 0.5) is 40.8 Å². The summed E-state index contributed by atoms with van der Waals surface area (Å²) in [5, 5.41) is 16.7. The standard InChI is InChI=1S/C25H20F8N6O3/c1-11(37-18-9-36-38-22(41)19(18)24(28,29)30)4-14(26)10-39-3-2-12-5-16(17(27)6-15(12)23(39)42)21-34-7-13(8-35-21)20(40)25(31,32)33/h2-3,5-9,11,14,20,40H,4,10H2,1H3,(H2,37,38,41)/t11-,14-,20-/m0/s1. The fourth-order valence-electron chi connectivity index (χ4n) is 4.21. The van der Waals surface area contributed by atoms with Gasteiger partial charge < -0.3 is 15.0 Å². The van der Waals surface area contributed by atoms with E-state index in [2.05, 4.69) is 20.4 Å². The highest BCUT2D eigenvalue weighted by Gasteiger charge is 2.40. The number of aliphatic hydroxyl groups excluding tert-OH is 1. The lowest BCUT2D eigenvalue weighted by Gasteiger charge is -2.20. The number of aliphatic hydroxyl groups is 1. The molecule has 42 heavy (non-hydrogen) atoms.